The number of hydrogen-bond donors (Lipinski definition) is 1. The first-order valence-corrected chi connectivity index (χ1v) is 9.96. The van der Waals surface area contributed by atoms with E-state index in [-0.39, 0.29) is 11.7 Å². The summed E-state index contributed by atoms with van der Waals surface area (Å²) in [6, 6.07) is 15.9. The zero-order chi connectivity index (χ0) is 19.3. The molecular weight excluding hydrogens is 352 g/mol. The second kappa shape index (κ2) is 8.48. The lowest BCUT2D eigenvalue weighted by Crippen LogP contribution is -2.40. The van der Waals surface area contributed by atoms with Crippen LogP contribution in [0.4, 0.5) is 0 Å². The van der Waals surface area contributed by atoms with Crippen LogP contribution >= 0.6 is 0 Å². The molecule has 0 unspecified atom stereocenters. The predicted molar refractivity (Wildman–Crippen MR) is 110 cm³/mol. The van der Waals surface area contributed by atoms with Crippen LogP contribution in [-0.4, -0.2) is 46.8 Å². The number of para-hydroxylation sites is 1. The van der Waals surface area contributed by atoms with Crippen molar-refractivity contribution >= 4 is 16.8 Å². The number of aromatic nitrogens is 1. The number of fused-ring (bicyclic) bond motifs is 1. The molecule has 4 rings (SSSR count). The van der Waals surface area contributed by atoms with Crippen LogP contribution < -0.4 is 0 Å². The number of ether oxygens (including phenoxy) is 1. The number of hydrogen-bond acceptors (Lipinski definition) is 3. The highest BCUT2D eigenvalue weighted by molar-refractivity contribution is 6.08. The number of carbonyl (C=O) groups is 1. The number of nitrogens with zero attached hydrogens (tertiary/aromatic N) is 2. The third-order valence-electron chi connectivity index (χ3n) is 5.36. The first-order valence-electron chi connectivity index (χ1n) is 9.96. The van der Waals surface area contributed by atoms with Gasteiger partial charge in [0.2, 0.25) is 0 Å². The molecule has 0 aliphatic carbocycles. The molecular formula is C23H26N2O3. The summed E-state index contributed by atoms with van der Waals surface area (Å²) in [5.41, 5.74) is 2.75. The van der Waals surface area contributed by atoms with Crippen molar-refractivity contribution in [3.8, 4) is 5.75 Å². The van der Waals surface area contributed by atoms with Crippen molar-refractivity contribution in [1.29, 1.82) is 0 Å². The second-order valence-corrected chi connectivity index (χ2v) is 7.26. The van der Waals surface area contributed by atoms with Crippen LogP contribution in [-0.2, 0) is 17.7 Å². The van der Waals surface area contributed by atoms with E-state index in [0.29, 0.717) is 31.9 Å². The van der Waals surface area contributed by atoms with E-state index in [1.165, 1.54) is 5.56 Å². The molecule has 146 valence electrons. The van der Waals surface area contributed by atoms with Crippen LogP contribution in [0.2, 0.25) is 0 Å². The van der Waals surface area contributed by atoms with Crippen molar-refractivity contribution in [2.24, 2.45) is 0 Å². The van der Waals surface area contributed by atoms with Crippen LogP contribution in [0.25, 0.3) is 10.9 Å². The third kappa shape index (κ3) is 3.90. The predicted octanol–water partition coefficient (Wildman–Crippen LogP) is 3.84. The Kier molecular flexibility index (Phi) is 5.63. The summed E-state index contributed by atoms with van der Waals surface area (Å²) in [5.74, 6) is 0.239. The Hall–Kier alpha value is -2.79. The Bertz CT molecular complexity index is 943. The van der Waals surface area contributed by atoms with Gasteiger partial charge in [-0.1, -0.05) is 42.5 Å². The first-order chi connectivity index (χ1) is 13.7. The smallest absolute Gasteiger partial charge is 0.256 e. The number of aromatic hydroxyl groups is 1. The number of aryl methyl sites for hydroxylation is 2. The normalized spacial score (nSPS) is 14.5. The Morgan fingerprint density at radius 2 is 1.79 bits per heavy atom. The van der Waals surface area contributed by atoms with Gasteiger partial charge in [0.1, 0.15) is 5.75 Å². The van der Waals surface area contributed by atoms with Gasteiger partial charge in [-0.15, -0.1) is 0 Å². The van der Waals surface area contributed by atoms with Crippen LogP contribution in [0.3, 0.4) is 0 Å². The van der Waals surface area contributed by atoms with Gasteiger partial charge in [0.15, 0.2) is 0 Å². The molecule has 5 heteroatoms. The van der Waals surface area contributed by atoms with E-state index in [4.69, 9.17) is 4.74 Å². The molecule has 0 radical (unpaired) electrons. The number of amides is 1. The largest absolute Gasteiger partial charge is 0.506 e. The summed E-state index contributed by atoms with van der Waals surface area (Å²) in [6.07, 6.45) is 4.98. The van der Waals surface area contributed by atoms with Crippen molar-refractivity contribution in [3.63, 3.8) is 0 Å². The molecule has 1 fully saturated rings. The summed E-state index contributed by atoms with van der Waals surface area (Å²) in [4.78, 5) is 14.9. The quantitative estimate of drug-likeness (QED) is 0.663. The molecule has 2 heterocycles. The minimum atomic E-state index is 0.0157. The molecule has 3 aromatic rings. The maximum Gasteiger partial charge on any atom is 0.256 e. The SMILES string of the molecule is O=C(c1cn(CCCCc2ccccc2)c2c(O)cccc12)N1CCOCC1. The van der Waals surface area contributed by atoms with Gasteiger partial charge in [0.05, 0.1) is 24.3 Å². The summed E-state index contributed by atoms with van der Waals surface area (Å²) >= 11 is 0. The van der Waals surface area contributed by atoms with Crippen LogP contribution in [0.1, 0.15) is 28.8 Å². The molecule has 0 saturated carbocycles. The highest BCUT2D eigenvalue weighted by Crippen LogP contribution is 2.30. The van der Waals surface area contributed by atoms with Gasteiger partial charge in [-0.3, -0.25) is 4.79 Å². The number of benzene rings is 2. The molecule has 1 saturated heterocycles. The molecule has 28 heavy (non-hydrogen) atoms. The van der Waals surface area contributed by atoms with Crippen molar-refractivity contribution in [2.75, 3.05) is 26.3 Å². The lowest BCUT2D eigenvalue weighted by Gasteiger charge is -2.26. The zero-order valence-corrected chi connectivity index (χ0v) is 16.0. The van der Waals surface area contributed by atoms with Gasteiger partial charge in [-0.2, -0.15) is 0 Å². The molecule has 1 aromatic heterocycles. The van der Waals surface area contributed by atoms with Gasteiger partial charge in [-0.05, 0) is 30.9 Å². The number of morpholine rings is 1. The van der Waals surface area contributed by atoms with Crippen LogP contribution in [0.5, 0.6) is 5.75 Å². The Morgan fingerprint density at radius 1 is 1.00 bits per heavy atom. The number of carbonyl (C=O) groups excluding carboxylic acids is 1. The molecule has 0 spiro atoms. The minimum absolute atomic E-state index is 0.0157. The number of rotatable bonds is 6. The lowest BCUT2D eigenvalue weighted by atomic mass is 10.1. The number of phenols is 1. The van der Waals surface area contributed by atoms with E-state index in [1.807, 2.05) is 27.8 Å². The average Bonchev–Trinajstić information content (AvgIpc) is 3.12. The lowest BCUT2D eigenvalue weighted by molar-refractivity contribution is 0.0304. The standard InChI is InChI=1S/C23H26N2O3/c26-21-11-6-10-19-20(23(27)24-13-15-28-16-14-24)17-25(22(19)21)12-5-4-9-18-7-2-1-3-8-18/h1-3,6-8,10-11,17,26H,4-5,9,12-16H2. The average molecular weight is 378 g/mol. The fourth-order valence-corrected chi connectivity index (χ4v) is 3.88. The Balaban J connectivity index is 1.52. The maximum absolute atomic E-state index is 13.0. The molecule has 0 atom stereocenters. The summed E-state index contributed by atoms with van der Waals surface area (Å²) in [6.45, 7) is 3.16. The Labute approximate surface area is 165 Å². The van der Waals surface area contributed by atoms with Crippen LogP contribution in [0, 0.1) is 0 Å². The van der Waals surface area contributed by atoms with E-state index in [1.54, 1.807) is 12.1 Å². The molecule has 1 aliphatic rings. The van der Waals surface area contributed by atoms with Gasteiger partial charge in [-0.25, -0.2) is 0 Å². The number of phenolic OH excluding ortho intramolecular Hbond substituents is 1. The third-order valence-corrected chi connectivity index (χ3v) is 5.36. The number of unbranched alkanes of at least 4 members (excludes halogenated alkanes) is 1. The molecule has 1 amide bonds. The van der Waals surface area contributed by atoms with Crippen molar-refractivity contribution in [2.45, 2.75) is 25.8 Å². The fraction of sp³-hybridized carbons (Fsp3) is 0.348. The zero-order valence-electron chi connectivity index (χ0n) is 16.0. The molecule has 5 nitrogen and oxygen atoms in total. The highest BCUT2D eigenvalue weighted by Gasteiger charge is 2.23. The molecule has 1 N–H and O–H groups in total. The van der Waals surface area contributed by atoms with E-state index < -0.39 is 0 Å². The fourth-order valence-electron chi connectivity index (χ4n) is 3.88. The Morgan fingerprint density at radius 3 is 2.57 bits per heavy atom. The monoisotopic (exact) mass is 378 g/mol. The molecule has 0 bridgehead atoms. The summed E-state index contributed by atoms with van der Waals surface area (Å²) in [5, 5.41) is 11.2. The van der Waals surface area contributed by atoms with Gasteiger partial charge < -0.3 is 19.3 Å². The van der Waals surface area contributed by atoms with E-state index in [2.05, 4.69) is 24.3 Å². The van der Waals surface area contributed by atoms with Gasteiger partial charge >= 0.3 is 0 Å². The van der Waals surface area contributed by atoms with Crippen molar-refractivity contribution in [3.05, 3.63) is 65.9 Å². The second-order valence-electron chi connectivity index (χ2n) is 7.26. The molecule has 2 aromatic carbocycles. The first kappa shape index (κ1) is 18.6. The highest BCUT2D eigenvalue weighted by atomic mass is 16.5. The summed E-state index contributed by atoms with van der Waals surface area (Å²) < 4.78 is 7.39. The molecule has 1 aliphatic heterocycles. The van der Waals surface area contributed by atoms with Crippen LogP contribution in [0.15, 0.2) is 54.7 Å². The summed E-state index contributed by atoms with van der Waals surface area (Å²) in [7, 11) is 0. The van der Waals surface area contributed by atoms with Gasteiger partial charge in [0, 0.05) is 31.2 Å². The minimum Gasteiger partial charge on any atom is -0.506 e. The van der Waals surface area contributed by atoms with E-state index in [9.17, 15) is 9.90 Å². The van der Waals surface area contributed by atoms with Crippen molar-refractivity contribution in [1.82, 2.24) is 9.47 Å². The van der Waals surface area contributed by atoms with E-state index >= 15 is 0 Å². The van der Waals surface area contributed by atoms with Gasteiger partial charge in [0.25, 0.3) is 5.91 Å². The topological polar surface area (TPSA) is 54.7 Å². The van der Waals surface area contributed by atoms with E-state index in [0.717, 1.165) is 36.7 Å². The van der Waals surface area contributed by atoms with Crippen molar-refractivity contribution < 1.29 is 14.6 Å². The maximum atomic E-state index is 13.0.